The Hall–Kier alpha value is -0.163. The van der Waals surface area contributed by atoms with Gasteiger partial charge < -0.3 is 13.3 Å². The summed E-state index contributed by atoms with van der Waals surface area (Å²) in [6.07, 6.45) is 8.61. The van der Waals surface area contributed by atoms with Gasteiger partial charge in [0.1, 0.15) is 0 Å². The molecule has 3 nitrogen and oxygen atoms in total. The van der Waals surface area contributed by atoms with E-state index in [2.05, 4.69) is 13.5 Å². The lowest BCUT2D eigenvalue weighted by atomic mass is 10.2. The van der Waals surface area contributed by atoms with Crippen molar-refractivity contribution in [2.45, 2.75) is 59.8 Å². The van der Waals surface area contributed by atoms with Crippen LogP contribution in [0.1, 0.15) is 59.8 Å². The van der Waals surface area contributed by atoms with Crippen LogP contribution in [0.2, 0.25) is 0 Å². The van der Waals surface area contributed by atoms with E-state index in [0.29, 0.717) is 19.8 Å². The zero-order chi connectivity index (χ0) is 14.1. The molecule has 0 saturated heterocycles. The lowest BCUT2D eigenvalue weighted by Crippen LogP contribution is -2.27. The van der Waals surface area contributed by atoms with Crippen molar-refractivity contribution in [1.82, 2.24) is 0 Å². The highest BCUT2D eigenvalue weighted by atomic mass is 28.3. The highest BCUT2D eigenvalue weighted by Crippen LogP contribution is 2.01. The van der Waals surface area contributed by atoms with Gasteiger partial charge in [-0.2, -0.15) is 0 Å². The second-order valence-corrected chi connectivity index (χ2v) is 5.37. The highest BCUT2D eigenvalue weighted by molar-refractivity contribution is 6.36. The fourth-order valence-electron chi connectivity index (χ4n) is 1.27. The molecule has 4 heteroatoms. The molecule has 0 atom stereocenters. The summed E-state index contributed by atoms with van der Waals surface area (Å²) >= 11 is 0. The van der Waals surface area contributed by atoms with Crippen LogP contribution in [-0.4, -0.2) is 29.3 Å². The molecule has 0 aromatic rings. The molecule has 0 bridgehead atoms. The molecule has 0 aromatic carbocycles. The fraction of sp³-hybridized carbons (Fsp3) is 0.857. The standard InChI is InChI=1S/C8H16.C6H16O3Si/c1-3-5-7-8-6-4-2;1-4-7-10(8-5-2)9-6-3/h3H,1,4-8H2,2H3;10H,4-6H2,1-3H3. The van der Waals surface area contributed by atoms with Crippen molar-refractivity contribution < 1.29 is 13.3 Å². The van der Waals surface area contributed by atoms with Crippen LogP contribution in [0.15, 0.2) is 12.7 Å². The van der Waals surface area contributed by atoms with Crippen LogP contribution in [0.4, 0.5) is 0 Å². The Bertz CT molecular complexity index is 140. The van der Waals surface area contributed by atoms with E-state index < -0.39 is 9.53 Å². The average molecular weight is 276 g/mol. The van der Waals surface area contributed by atoms with Crippen LogP contribution in [-0.2, 0) is 13.3 Å². The molecule has 18 heavy (non-hydrogen) atoms. The molecule has 0 saturated carbocycles. The monoisotopic (exact) mass is 276 g/mol. The number of unbranched alkanes of at least 4 members (excludes halogenated alkanes) is 4. The molecule has 110 valence electrons. The molecule has 0 aliphatic carbocycles. The first-order valence-corrected chi connectivity index (χ1v) is 8.63. The van der Waals surface area contributed by atoms with E-state index in [0.717, 1.165) is 0 Å². The van der Waals surface area contributed by atoms with Crippen molar-refractivity contribution in [3.05, 3.63) is 12.7 Å². The molecule has 0 aliphatic rings. The van der Waals surface area contributed by atoms with Gasteiger partial charge in [-0.05, 0) is 33.6 Å². The number of allylic oxidation sites excluding steroid dienone is 1. The normalized spacial score (nSPS) is 10.1. The minimum atomic E-state index is -1.73. The molecule has 0 aromatic heterocycles. The van der Waals surface area contributed by atoms with Gasteiger partial charge in [0, 0.05) is 19.8 Å². The van der Waals surface area contributed by atoms with Crippen LogP contribution >= 0.6 is 0 Å². The van der Waals surface area contributed by atoms with E-state index in [1.54, 1.807) is 0 Å². The molecule has 0 aliphatic heterocycles. The summed E-state index contributed by atoms with van der Waals surface area (Å²) in [5, 5.41) is 0. The summed E-state index contributed by atoms with van der Waals surface area (Å²) < 4.78 is 15.7. The van der Waals surface area contributed by atoms with Crippen molar-refractivity contribution in [2.24, 2.45) is 0 Å². The summed E-state index contributed by atoms with van der Waals surface area (Å²) in [4.78, 5) is 0. The zero-order valence-corrected chi connectivity index (χ0v) is 13.9. The molecule has 0 radical (unpaired) electrons. The summed E-state index contributed by atoms with van der Waals surface area (Å²) in [6, 6.07) is 0. The largest absolute Gasteiger partial charge is 0.484 e. The maximum atomic E-state index is 5.22. The van der Waals surface area contributed by atoms with Gasteiger partial charge in [0.05, 0.1) is 0 Å². The Labute approximate surface area is 115 Å². The van der Waals surface area contributed by atoms with Crippen LogP contribution in [0.5, 0.6) is 0 Å². The summed E-state index contributed by atoms with van der Waals surface area (Å²) in [5.41, 5.74) is 0. The van der Waals surface area contributed by atoms with Crippen LogP contribution in [0.3, 0.4) is 0 Å². The van der Waals surface area contributed by atoms with Crippen molar-refractivity contribution in [2.75, 3.05) is 19.8 Å². The van der Waals surface area contributed by atoms with Crippen LogP contribution in [0.25, 0.3) is 0 Å². The van der Waals surface area contributed by atoms with Gasteiger partial charge in [0.25, 0.3) is 0 Å². The van der Waals surface area contributed by atoms with Gasteiger partial charge >= 0.3 is 9.53 Å². The first-order chi connectivity index (χ1) is 8.76. The topological polar surface area (TPSA) is 27.7 Å². The summed E-state index contributed by atoms with van der Waals surface area (Å²) in [5.74, 6) is 0. The van der Waals surface area contributed by atoms with Gasteiger partial charge in [0.2, 0.25) is 0 Å². The maximum Gasteiger partial charge on any atom is 0.484 e. The van der Waals surface area contributed by atoms with Gasteiger partial charge in [-0.25, -0.2) is 0 Å². The van der Waals surface area contributed by atoms with Crippen molar-refractivity contribution >= 4 is 9.53 Å². The molecule has 0 spiro atoms. The number of rotatable bonds is 11. The first kappa shape index (κ1) is 20.2. The van der Waals surface area contributed by atoms with E-state index in [-0.39, 0.29) is 0 Å². The van der Waals surface area contributed by atoms with Crippen molar-refractivity contribution in [3.63, 3.8) is 0 Å². The molecule has 0 heterocycles. The third-order valence-electron chi connectivity index (χ3n) is 2.17. The molecule has 0 unspecified atom stereocenters. The van der Waals surface area contributed by atoms with Crippen LogP contribution in [0, 0.1) is 0 Å². The second-order valence-electron chi connectivity index (χ2n) is 3.79. The van der Waals surface area contributed by atoms with Gasteiger partial charge in [0.15, 0.2) is 0 Å². The van der Waals surface area contributed by atoms with Gasteiger partial charge in [-0.1, -0.05) is 32.3 Å². The Morgan fingerprint density at radius 1 is 0.833 bits per heavy atom. The summed E-state index contributed by atoms with van der Waals surface area (Å²) in [7, 11) is -1.73. The Kier molecular flexibility index (Phi) is 21.5. The van der Waals surface area contributed by atoms with Gasteiger partial charge in [-0.3, -0.25) is 0 Å². The van der Waals surface area contributed by atoms with E-state index in [1.165, 1.54) is 32.1 Å². The third-order valence-corrected chi connectivity index (χ3v) is 3.99. The summed E-state index contributed by atoms with van der Waals surface area (Å²) in [6.45, 7) is 13.7. The lowest BCUT2D eigenvalue weighted by Gasteiger charge is -2.12. The lowest BCUT2D eigenvalue weighted by molar-refractivity contribution is 0.107. The Morgan fingerprint density at radius 2 is 1.33 bits per heavy atom. The predicted octanol–water partition coefficient (Wildman–Crippen LogP) is 3.96. The molecule has 0 fully saturated rings. The third kappa shape index (κ3) is 18.2. The highest BCUT2D eigenvalue weighted by Gasteiger charge is 2.11. The fourth-order valence-corrected chi connectivity index (χ4v) is 2.37. The molecule has 0 rings (SSSR count). The molecule has 0 N–H and O–H groups in total. The zero-order valence-electron chi connectivity index (χ0n) is 12.7. The second kappa shape index (κ2) is 19.2. The Balaban J connectivity index is 0. The first-order valence-electron chi connectivity index (χ1n) is 7.22. The maximum absolute atomic E-state index is 5.22. The minimum absolute atomic E-state index is 0.677. The van der Waals surface area contributed by atoms with Gasteiger partial charge in [-0.15, -0.1) is 6.58 Å². The molecule has 0 amide bonds. The minimum Gasteiger partial charge on any atom is -0.376 e. The smallest absolute Gasteiger partial charge is 0.376 e. The SMILES string of the molecule is C=CCCCCCC.CCO[SiH](OCC)OCC. The number of hydrogen-bond donors (Lipinski definition) is 0. The van der Waals surface area contributed by atoms with Crippen LogP contribution < -0.4 is 0 Å². The van der Waals surface area contributed by atoms with E-state index in [9.17, 15) is 0 Å². The van der Waals surface area contributed by atoms with E-state index in [1.807, 2.05) is 26.8 Å². The Morgan fingerprint density at radius 3 is 1.67 bits per heavy atom. The molecular formula is C14H32O3Si. The van der Waals surface area contributed by atoms with E-state index in [4.69, 9.17) is 13.3 Å². The van der Waals surface area contributed by atoms with Crippen molar-refractivity contribution in [3.8, 4) is 0 Å². The quantitative estimate of drug-likeness (QED) is 0.325. The number of hydrogen-bond acceptors (Lipinski definition) is 3. The predicted molar refractivity (Wildman–Crippen MR) is 81.0 cm³/mol. The average Bonchev–Trinajstić information content (AvgIpc) is 2.37. The molecular weight excluding hydrogens is 244 g/mol. The van der Waals surface area contributed by atoms with E-state index >= 15 is 0 Å². The van der Waals surface area contributed by atoms with Crippen molar-refractivity contribution in [1.29, 1.82) is 0 Å².